The van der Waals surface area contributed by atoms with Crippen LogP contribution in [0.2, 0.25) is 0 Å². The number of piperazine rings is 1. The average Bonchev–Trinajstić information content (AvgIpc) is 3.39. The monoisotopic (exact) mass is 302 g/mol. The third kappa shape index (κ3) is 2.71. The molecule has 1 aliphatic heterocycles. The number of nitrogens with zero attached hydrogens (tertiary/aromatic N) is 2. The minimum atomic E-state index is -0.136. The molecule has 3 fully saturated rings. The van der Waals surface area contributed by atoms with Gasteiger partial charge in [-0.25, -0.2) is 4.39 Å². The molecule has 1 heterocycles. The number of hydrogen-bond donors (Lipinski definition) is 0. The molecule has 1 amide bonds. The molecule has 3 nitrogen and oxygen atoms in total. The number of carbonyl (C=O) groups excluding carboxylic acids is 1. The van der Waals surface area contributed by atoms with Crippen LogP contribution in [0.15, 0.2) is 18.2 Å². The molecule has 0 aromatic heterocycles. The lowest BCUT2D eigenvalue weighted by molar-refractivity contribution is -0.134. The summed E-state index contributed by atoms with van der Waals surface area (Å²) < 4.78 is 13.9. The summed E-state index contributed by atoms with van der Waals surface area (Å²) in [6, 6.07) is 5.66. The molecule has 2 aliphatic carbocycles. The van der Waals surface area contributed by atoms with Crippen LogP contribution in [0.25, 0.3) is 0 Å². The smallest absolute Gasteiger partial charge is 0.226 e. The molecule has 1 aromatic carbocycles. The highest BCUT2D eigenvalue weighted by Gasteiger charge is 2.37. The van der Waals surface area contributed by atoms with E-state index in [0.29, 0.717) is 11.8 Å². The Morgan fingerprint density at radius 1 is 1.14 bits per heavy atom. The molecular weight excluding hydrogens is 279 g/mol. The highest BCUT2D eigenvalue weighted by molar-refractivity contribution is 5.81. The Hall–Kier alpha value is -1.58. The lowest BCUT2D eigenvalue weighted by atomic mass is 10.1. The molecule has 2 saturated carbocycles. The summed E-state index contributed by atoms with van der Waals surface area (Å²) in [4.78, 5) is 16.5. The molecule has 0 radical (unpaired) electrons. The molecule has 1 atom stereocenters. The number of amides is 1. The van der Waals surface area contributed by atoms with Crippen molar-refractivity contribution in [2.24, 2.45) is 5.92 Å². The first kappa shape index (κ1) is 14.0. The maximum atomic E-state index is 13.9. The minimum Gasteiger partial charge on any atom is -0.368 e. The lowest BCUT2D eigenvalue weighted by Gasteiger charge is -2.41. The van der Waals surface area contributed by atoms with Gasteiger partial charge >= 0.3 is 0 Å². The van der Waals surface area contributed by atoms with Crippen LogP contribution in [0.1, 0.15) is 44.1 Å². The second-order valence-corrected chi connectivity index (χ2v) is 7.12. The van der Waals surface area contributed by atoms with Gasteiger partial charge in [0.1, 0.15) is 5.82 Å². The van der Waals surface area contributed by atoms with Crippen LogP contribution in [0.3, 0.4) is 0 Å². The molecule has 3 aliphatic rings. The molecule has 4 heteroatoms. The average molecular weight is 302 g/mol. The van der Waals surface area contributed by atoms with E-state index in [4.69, 9.17) is 0 Å². The molecule has 0 spiro atoms. The fourth-order valence-corrected chi connectivity index (χ4v) is 3.52. The maximum absolute atomic E-state index is 13.9. The summed E-state index contributed by atoms with van der Waals surface area (Å²) in [5.74, 6) is 1.03. The highest BCUT2D eigenvalue weighted by Crippen LogP contribution is 2.41. The molecule has 4 rings (SSSR count). The number of benzene rings is 1. The predicted octanol–water partition coefficient (Wildman–Crippen LogP) is 3.15. The number of hydrogen-bond acceptors (Lipinski definition) is 2. The van der Waals surface area contributed by atoms with Gasteiger partial charge in [-0.05, 0) is 62.3 Å². The SMILES string of the molecule is C[C@@H]1CN(c2cc(F)cc(C3CC3)c2)CCN1C(=O)C1CC1. The van der Waals surface area contributed by atoms with Crippen molar-refractivity contribution >= 4 is 11.6 Å². The van der Waals surface area contributed by atoms with Gasteiger partial charge in [-0.15, -0.1) is 0 Å². The van der Waals surface area contributed by atoms with E-state index >= 15 is 0 Å². The number of rotatable bonds is 3. The van der Waals surface area contributed by atoms with Gasteiger partial charge in [0.25, 0.3) is 0 Å². The van der Waals surface area contributed by atoms with Gasteiger partial charge in [-0.3, -0.25) is 4.79 Å². The van der Waals surface area contributed by atoms with Gasteiger partial charge in [-0.1, -0.05) is 0 Å². The number of halogens is 1. The molecule has 0 N–H and O–H groups in total. The topological polar surface area (TPSA) is 23.6 Å². The number of carbonyl (C=O) groups is 1. The Labute approximate surface area is 131 Å². The van der Waals surface area contributed by atoms with Crippen molar-refractivity contribution in [3.63, 3.8) is 0 Å². The first-order chi connectivity index (χ1) is 10.6. The van der Waals surface area contributed by atoms with E-state index in [1.807, 2.05) is 4.90 Å². The molecule has 1 aromatic rings. The van der Waals surface area contributed by atoms with Crippen LogP contribution >= 0.6 is 0 Å². The third-order valence-electron chi connectivity index (χ3n) is 5.16. The zero-order valence-electron chi connectivity index (χ0n) is 13.1. The second kappa shape index (κ2) is 5.25. The van der Waals surface area contributed by atoms with E-state index in [1.54, 1.807) is 12.1 Å². The minimum absolute atomic E-state index is 0.136. The van der Waals surface area contributed by atoms with Crippen molar-refractivity contribution in [3.05, 3.63) is 29.6 Å². The second-order valence-electron chi connectivity index (χ2n) is 7.12. The predicted molar refractivity (Wildman–Crippen MR) is 84.5 cm³/mol. The maximum Gasteiger partial charge on any atom is 0.226 e. The van der Waals surface area contributed by atoms with Gasteiger partial charge in [0.15, 0.2) is 0 Å². The van der Waals surface area contributed by atoms with E-state index in [2.05, 4.69) is 17.9 Å². The first-order valence-corrected chi connectivity index (χ1v) is 8.48. The van der Waals surface area contributed by atoms with Gasteiger partial charge in [0.2, 0.25) is 5.91 Å². The third-order valence-corrected chi connectivity index (χ3v) is 5.16. The molecule has 118 valence electrons. The van der Waals surface area contributed by atoms with Crippen LogP contribution in [0, 0.1) is 11.7 Å². The molecular formula is C18H23FN2O. The van der Waals surface area contributed by atoms with Crippen molar-refractivity contribution in [2.75, 3.05) is 24.5 Å². The van der Waals surface area contributed by atoms with Crippen LogP contribution < -0.4 is 4.90 Å². The van der Waals surface area contributed by atoms with E-state index in [1.165, 1.54) is 12.8 Å². The van der Waals surface area contributed by atoms with Crippen molar-refractivity contribution in [2.45, 2.75) is 44.6 Å². The summed E-state index contributed by atoms with van der Waals surface area (Å²) in [5, 5.41) is 0. The Balaban J connectivity index is 1.49. The van der Waals surface area contributed by atoms with E-state index in [-0.39, 0.29) is 17.8 Å². The van der Waals surface area contributed by atoms with Crippen molar-refractivity contribution in [1.82, 2.24) is 4.90 Å². The van der Waals surface area contributed by atoms with Crippen molar-refractivity contribution in [1.29, 1.82) is 0 Å². The quantitative estimate of drug-likeness (QED) is 0.856. The Morgan fingerprint density at radius 2 is 1.91 bits per heavy atom. The standard InChI is InChI=1S/C18H23FN2O/c1-12-11-20(6-7-21(12)18(22)14-4-5-14)17-9-15(13-2-3-13)8-16(19)10-17/h8-10,12-14H,2-7,11H2,1H3/t12-/m1/s1. The Kier molecular flexibility index (Phi) is 3.35. The summed E-state index contributed by atoms with van der Waals surface area (Å²) in [5.41, 5.74) is 2.12. The molecule has 1 saturated heterocycles. The van der Waals surface area contributed by atoms with Crippen LogP contribution in [0.5, 0.6) is 0 Å². The fourth-order valence-electron chi connectivity index (χ4n) is 3.52. The molecule has 22 heavy (non-hydrogen) atoms. The fraction of sp³-hybridized carbons (Fsp3) is 0.611. The summed E-state index contributed by atoms with van der Waals surface area (Å²) in [6.45, 7) is 4.46. The first-order valence-electron chi connectivity index (χ1n) is 8.48. The van der Waals surface area contributed by atoms with Gasteiger partial charge in [0, 0.05) is 37.3 Å². The van der Waals surface area contributed by atoms with Gasteiger partial charge in [-0.2, -0.15) is 0 Å². The summed E-state index contributed by atoms with van der Waals surface area (Å²) >= 11 is 0. The highest BCUT2D eigenvalue weighted by atomic mass is 19.1. The Bertz CT molecular complexity index is 595. The molecule has 0 bridgehead atoms. The normalized spacial score (nSPS) is 25.5. The number of anilines is 1. The van der Waals surface area contributed by atoms with Crippen LogP contribution in [0.4, 0.5) is 10.1 Å². The largest absolute Gasteiger partial charge is 0.368 e. The van der Waals surface area contributed by atoms with Gasteiger partial charge < -0.3 is 9.80 Å². The molecule has 0 unspecified atom stereocenters. The zero-order chi connectivity index (χ0) is 15.3. The summed E-state index contributed by atoms with van der Waals surface area (Å²) in [6.07, 6.45) is 4.48. The van der Waals surface area contributed by atoms with Crippen molar-refractivity contribution in [3.8, 4) is 0 Å². The van der Waals surface area contributed by atoms with E-state index in [0.717, 1.165) is 43.7 Å². The Morgan fingerprint density at radius 3 is 2.55 bits per heavy atom. The van der Waals surface area contributed by atoms with E-state index in [9.17, 15) is 9.18 Å². The summed E-state index contributed by atoms with van der Waals surface area (Å²) in [7, 11) is 0. The van der Waals surface area contributed by atoms with Crippen LogP contribution in [-0.2, 0) is 4.79 Å². The van der Waals surface area contributed by atoms with Crippen LogP contribution in [-0.4, -0.2) is 36.5 Å². The van der Waals surface area contributed by atoms with Crippen molar-refractivity contribution < 1.29 is 9.18 Å². The lowest BCUT2D eigenvalue weighted by Crippen LogP contribution is -2.54. The van der Waals surface area contributed by atoms with Gasteiger partial charge in [0.05, 0.1) is 0 Å². The van der Waals surface area contributed by atoms with E-state index < -0.39 is 0 Å². The zero-order valence-corrected chi connectivity index (χ0v) is 13.1.